The number of hydrogen-bond acceptors (Lipinski definition) is 3. The molecule has 0 spiro atoms. The summed E-state index contributed by atoms with van der Waals surface area (Å²) in [5.41, 5.74) is 0.0517. The zero-order valence-electron chi connectivity index (χ0n) is 12.3. The zero-order chi connectivity index (χ0) is 15.8. The van der Waals surface area contributed by atoms with Gasteiger partial charge in [0.2, 0.25) is 10.0 Å². The van der Waals surface area contributed by atoms with Crippen molar-refractivity contribution in [3.8, 4) is 0 Å². The molecule has 21 heavy (non-hydrogen) atoms. The highest BCUT2D eigenvalue weighted by atomic mass is 35.5. The van der Waals surface area contributed by atoms with Gasteiger partial charge >= 0.3 is 0 Å². The first-order valence-electron chi connectivity index (χ1n) is 6.84. The first kappa shape index (κ1) is 17.0. The highest BCUT2D eigenvalue weighted by molar-refractivity contribution is 7.89. The fourth-order valence-electron chi connectivity index (χ4n) is 1.94. The lowest BCUT2D eigenvalue weighted by Crippen LogP contribution is -2.40. The topological polar surface area (TPSA) is 58.2 Å². The highest BCUT2D eigenvalue weighted by Crippen LogP contribution is 2.32. The molecule has 0 radical (unpaired) electrons. The second-order valence-electron chi connectivity index (χ2n) is 6.35. The minimum Gasteiger partial charge on any atom is -0.310 e. The largest absolute Gasteiger partial charge is 0.310 e. The van der Waals surface area contributed by atoms with Crippen molar-refractivity contribution < 1.29 is 8.42 Å². The molecule has 0 aromatic heterocycles. The van der Waals surface area contributed by atoms with E-state index < -0.39 is 15.6 Å². The van der Waals surface area contributed by atoms with Crippen molar-refractivity contribution in [2.24, 2.45) is 0 Å². The smallest absolute Gasteiger partial charge is 0.242 e. The Morgan fingerprint density at radius 3 is 2.38 bits per heavy atom. The highest BCUT2D eigenvalue weighted by Gasteiger charge is 2.27. The van der Waals surface area contributed by atoms with Crippen molar-refractivity contribution >= 4 is 33.2 Å². The normalized spacial score (nSPS) is 16.2. The van der Waals surface area contributed by atoms with E-state index in [0.717, 1.165) is 12.8 Å². The third-order valence-corrected chi connectivity index (χ3v) is 5.72. The lowest BCUT2D eigenvalue weighted by atomic mass is 10.1. The van der Waals surface area contributed by atoms with Crippen LogP contribution in [0.15, 0.2) is 17.0 Å². The number of hydrogen-bond donors (Lipinski definition) is 2. The van der Waals surface area contributed by atoms with Crippen molar-refractivity contribution in [3.05, 3.63) is 27.7 Å². The van der Waals surface area contributed by atoms with Crippen LogP contribution in [0.5, 0.6) is 0 Å². The Morgan fingerprint density at radius 1 is 1.24 bits per heavy atom. The van der Waals surface area contributed by atoms with E-state index in [9.17, 15) is 8.42 Å². The predicted molar refractivity (Wildman–Crippen MR) is 86.4 cm³/mol. The molecule has 2 rings (SSSR count). The molecule has 0 amide bonds. The molecular formula is C14H20Cl2N2O2S. The van der Waals surface area contributed by atoms with Gasteiger partial charge in [-0.05, 0) is 45.7 Å². The van der Waals surface area contributed by atoms with Gasteiger partial charge in [-0.25, -0.2) is 13.1 Å². The molecule has 1 saturated carbocycles. The summed E-state index contributed by atoms with van der Waals surface area (Å²) in [6.45, 7) is 5.82. The van der Waals surface area contributed by atoms with E-state index in [1.54, 1.807) is 26.8 Å². The lowest BCUT2D eigenvalue weighted by Gasteiger charge is -2.21. The molecule has 2 N–H and O–H groups in total. The molecule has 1 aliphatic carbocycles. The molecule has 1 fully saturated rings. The molecule has 1 aromatic rings. The molecule has 0 bridgehead atoms. The van der Waals surface area contributed by atoms with Gasteiger partial charge in [-0.3, -0.25) is 0 Å². The summed E-state index contributed by atoms with van der Waals surface area (Å²) in [6, 6.07) is 3.51. The Bertz CT molecular complexity index is 635. The average molecular weight is 351 g/mol. The van der Waals surface area contributed by atoms with Crippen LogP contribution in [0.2, 0.25) is 10.0 Å². The molecule has 0 aliphatic heterocycles. The molecule has 0 saturated heterocycles. The number of rotatable bonds is 5. The maximum atomic E-state index is 12.4. The predicted octanol–water partition coefficient (Wildman–Crippen LogP) is 3.32. The molecule has 0 atom stereocenters. The van der Waals surface area contributed by atoms with Crippen LogP contribution in [-0.2, 0) is 16.6 Å². The summed E-state index contributed by atoms with van der Waals surface area (Å²) in [4.78, 5) is 0.0658. The van der Waals surface area contributed by atoms with Crippen molar-refractivity contribution in [2.45, 2.75) is 56.6 Å². The molecule has 4 nitrogen and oxygen atoms in total. The van der Waals surface area contributed by atoms with Crippen molar-refractivity contribution in [1.82, 2.24) is 10.0 Å². The third-order valence-electron chi connectivity index (χ3n) is 3.03. The maximum Gasteiger partial charge on any atom is 0.242 e. The van der Waals surface area contributed by atoms with Crippen molar-refractivity contribution in [1.29, 1.82) is 0 Å². The van der Waals surface area contributed by atoms with Gasteiger partial charge in [-0.15, -0.1) is 0 Å². The van der Waals surface area contributed by atoms with Gasteiger partial charge in [0.1, 0.15) is 4.90 Å². The molecule has 7 heteroatoms. The quantitative estimate of drug-likeness (QED) is 0.856. The summed E-state index contributed by atoms with van der Waals surface area (Å²) in [5.74, 6) is 0. The molecule has 1 aromatic carbocycles. The average Bonchev–Trinajstić information content (AvgIpc) is 3.08. The second-order valence-corrected chi connectivity index (χ2v) is 8.78. The van der Waals surface area contributed by atoms with Gasteiger partial charge < -0.3 is 5.32 Å². The van der Waals surface area contributed by atoms with Crippen LogP contribution >= 0.6 is 23.2 Å². The van der Waals surface area contributed by atoms with Gasteiger partial charge in [0.15, 0.2) is 0 Å². The van der Waals surface area contributed by atoms with E-state index in [1.165, 1.54) is 6.07 Å². The van der Waals surface area contributed by atoms with Crippen molar-refractivity contribution in [3.63, 3.8) is 0 Å². The Balaban J connectivity index is 2.33. The van der Waals surface area contributed by atoms with Crippen LogP contribution in [0, 0.1) is 0 Å². The molecule has 118 valence electrons. The van der Waals surface area contributed by atoms with Gasteiger partial charge in [0.05, 0.1) is 5.02 Å². The van der Waals surface area contributed by atoms with Crippen LogP contribution in [0.25, 0.3) is 0 Å². The van der Waals surface area contributed by atoms with Crippen molar-refractivity contribution in [2.75, 3.05) is 0 Å². The number of nitrogens with one attached hydrogen (secondary N) is 2. The number of halogens is 2. The molecule has 0 heterocycles. The van der Waals surface area contributed by atoms with E-state index in [2.05, 4.69) is 10.0 Å². The minimum atomic E-state index is -3.68. The fraction of sp³-hybridized carbons (Fsp3) is 0.571. The maximum absolute atomic E-state index is 12.4. The summed E-state index contributed by atoms with van der Waals surface area (Å²) in [5, 5.41) is 3.96. The summed E-state index contributed by atoms with van der Waals surface area (Å²) in [6.07, 6.45) is 2.28. The fourth-order valence-corrected chi connectivity index (χ4v) is 4.27. The van der Waals surface area contributed by atoms with E-state index in [4.69, 9.17) is 23.2 Å². The zero-order valence-corrected chi connectivity index (χ0v) is 14.7. The number of benzene rings is 1. The molecule has 1 aliphatic rings. The molecular weight excluding hydrogens is 331 g/mol. The first-order valence-corrected chi connectivity index (χ1v) is 9.08. The monoisotopic (exact) mass is 350 g/mol. The third kappa shape index (κ3) is 4.57. The summed E-state index contributed by atoms with van der Waals surface area (Å²) < 4.78 is 27.4. The first-order chi connectivity index (χ1) is 9.60. The van der Waals surface area contributed by atoms with Gasteiger partial charge in [-0.2, -0.15) is 0 Å². The summed E-state index contributed by atoms with van der Waals surface area (Å²) in [7, 11) is -3.68. The van der Waals surface area contributed by atoms with Crippen LogP contribution in [-0.4, -0.2) is 20.0 Å². The Hall–Kier alpha value is -0.330. The van der Waals surface area contributed by atoms with Crippen LogP contribution in [0.4, 0.5) is 0 Å². The van der Waals surface area contributed by atoms with E-state index in [1.807, 2.05) is 0 Å². The standard InChI is InChI=1S/C14H20Cl2N2O2S/c1-14(2,3)18-21(19,20)12-7-6-11(15)10(13(12)16)8-17-9-4-5-9/h6-7,9,17-18H,4-5,8H2,1-3H3. The van der Waals surface area contributed by atoms with E-state index in [-0.39, 0.29) is 9.92 Å². The van der Waals surface area contributed by atoms with Gasteiger partial charge in [-0.1, -0.05) is 23.2 Å². The van der Waals surface area contributed by atoms with Crippen LogP contribution in [0.1, 0.15) is 39.2 Å². The Kier molecular flexibility index (Phi) is 4.90. The van der Waals surface area contributed by atoms with E-state index >= 15 is 0 Å². The van der Waals surface area contributed by atoms with E-state index in [0.29, 0.717) is 23.2 Å². The summed E-state index contributed by atoms with van der Waals surface area (Å²) >= 11 is 12.4. The van der Waals surface area contributed by atoms with Gasteiger partial charge in [0.25, 0.3) is 0 Å². The van der Waals surface area contributed by atoms with Crippen LogP contribution < -0.4 is 10.0 Å². The van der Waals surface area contributed by atoms with Crippen LogP contribution in [0.3, 0.4) is 0 Å². The Labute approximate surface area is 136 Å². The minimum absolute atomic E-state index is 0.0658. The number of sulfonamides is 1. The molecule has 0 unspecified atom stereocenters. The lowest BCUT2D eigenvalue weighted by molar-refractivity contribution is 0.491. The van der Waals surface area contributed by atoms with Gasteiger partial charge in [0, 0.05) is 28.7 Å². The Morgan fingerprint density at radius 2 is 1.86 bits per heavy atom. The SMILES string of the molecule is CC(C)(C)NS(=O)(=O)c1ccc(Cl)c(CNC2CC2)c1Cl. The second kappa shape index (κ2) is 6.05.